The molecule has 0 radical (unpaired) electrons. The Bertz CT molecular complexity index is 473. The molecule has 4 nitrogen and oxygen atoms in total. The van der Waals surface area contributed by atoms with Crippen LogP contribution < -0.4 is 24.8 Å². The molecule has 0 atom stereocenters. The first-order chi connectivity index (χ1) is 9.90. The molecule has 22 heavy (non-hydrogen) atoms. The molecule has 1 aromatic carbocycles. The highest BCUT2D eigenvalue weighted by atomic mass is 35.5. The minimum Gasteiger partial charge on any atom is -1.00 e. The standard InChI is InChI=1S/C16H22N2O2.2ClH/c1-2-15(13-17-4-8-19-9-5-17)12-16(3-1)14-18-6-10-20-11-7-18;;/h1-3,12-14H,4-11H2;2*1H/q+2;;/p-2. The highest BCUT2D eigenvalue weighted by Crippen LogP contribution is 2.02. The number of hydrogen-bond acceptors (Lipinski definition) is 2. The van der Waals surface area contributed by atoms with Gasteiger partial charge in [-0.1, -0.05) is 6.07 Å². The summed E-state index contributed by atoms with van der Waals surface area (Å²) in [6.45, 7) is 7.25. The Labute approximate surface area is 144 Å². The van der Waals surface area contributed by atoms with Crippen LogP contribution in [0.3, 0.4) is 0 Å². The Morgan fingerprint density at radius 2 is 1.14 bits per heavy atom. The highest BCUT2D eigenvalue weighted by Gasteiger charge is 2.12. The number of halogens is 2. The number of hydrogen-bond donors (Lipinski definition) is 0. The Morgan fingerprint density at radius 3 is 1.55 bits per heavy atom. The lowest BCUT2D eigenvalue weighted by Crippen LogP contribution is -3.00. The number of rotatable bonds is 2. The lowest BCUT2D eigenvalue weighted by Gasteiger charge is -2.11. The van der Waals surface area contributed by atoms with Gasteiger partial charge in [-0.25, -0.2) is 9.15 Å². The molecule has 2 aliphatic rings. The van der Waals surface area contributed by atoms with Gasteiger partial charge in [0.05, 0.1) is 0 Å². The van der Waals surface area contributed by atoms with Gasteiger partial charge in [-0.05, 0) is 18.2 Å². The summed E-state index contributed by atoms with van der Waals surface area (Å²) in [6, 6.07) is 8.68. The summed E-state index contributed by atoms with van der Waals surface area (Å²) in [7, 11) is 0. The zero-order chi connectivity index (χ0) is 13.6. The van der Waals surface area contributed by atoms with E-state index in [9.17, 15) is 0 Å². The Kier molecular flexibility index (Phi) is 8.64. The van der Waals surface area contributed by atoms with Gasteiger partial charge >= 0.3 is 0 Å². The molecule has 1 aromatic rings. The molecule has 2 fully saturated rings. The molecule has 0 saturated carbocycles. The van der Waals surface area contributed by atoms with E-state index in [0.29, 0.717) is 0 Å². The van der Waals surface area contributed by atoms with Gasteiger partial charge in [0.25, 0.3) is 0 Å². The Hall–Kier alpha value is -0.940. The van der Waals surface area contributed by atoms with Crippen molar-refractivity contribution >= 4 is 12.4 Å². The third-order valence-electron chi connectivity index (χ3n) is 3.67. The summed E-state index contributed by atoms with van der Waals surface area (Å²) in [5, 5.41) is 0. The molecule has 2 heterocycles. The van der Waals surface area contributed by atoms with Gasteiger partial charge in [0, 0.05) is 11.1 Å². The van der Waals surface area contributed by atoms with E-state index in [0.717, 1.165) is 52.6 Å². The predicted molar refractivity (Wildman–Crippen MR) is 78.4 cm³/mol. The molecule has 6 heteroatoms. The van der Waals surface area contributed by atoms with Crippen molar-refractivity contribution in [1.82, 2.24) is 0 Å². The van der Waals surface area contributed by atoms with Crippen LogP contribution in [0.1, 0.15) is 11.1 Å². The lowest BCUT2D eigenvalue weighted by atomic mass is 10.1. The Balaban J connectivity index is 0.00000121. The lowest BCUT2D eigenvalue weighted by molar-refractivity contribution is -0.544. The molecule has 0 aromatic heterocycles. The molecular formula is C16H22Cl2N2O2. The summed E-state index contributed by atoms with van der Waals surface area (Å²) < 4.78 is 15.4. The molecule has 0 aliphatic carbocycles. The second kappa shape index (κ2) is 9.95. The number of benzene rings is 1. The molecule has 0 amide bonds. The fraction of sp³-hybridized carbons (Fsp3) is 0.500. The third kappa shape index (κ3) is 5.69. The first kappa shape index (κ1) is 19.1. The molecule has 122 valence electrons. The molecule has 0 unspecified atom stereocenters. The quantitative estimate of drug-likeness (QED) is 0.500. The topological polar surface area (TPSA) is 24.5 Å². The molecule has 0 bridgehead atoms. The van der Waals surface area contributed by atoms with Crippen molar-refractivity contribution in [2.45, 2.75) is 0 Å². The average molecular weight is 345 g/mol. The van der Waals surface area contributed by atoms with Gasteiger partial charge in [0.1, 0.15) is 26.4 Å². The van der Waals surface area contributed by atoms with Crippen molar-refractivity contribution in [3.63, 3.8) is 0 Å². The minimum absolute atomic E-state index is 0. The summed E-state index contributed by atoms with van der Waals surface area (Å²) in [5.41, 5.74) is 2.52. The van der Waals surface area contributed by atoms with E-state index in [2.05, 4.69) is 45.8 Å². The maximum Gasteiger partial charge on any atom is 0.170 e. The molecule has 2 saturated heterocycles. The van der Waals surface area contributed by atoms with E-state index in [1.165, 1.54) is 11.1 Å². The van der Waals surface area contributed by atoms with Gasteiger partial charge in [-0.3, -0.25) is 0 Å². The van der Waals surface area contributed by atoms with E-state index in [1.54, 1.807) is 0 Å². The van der Waals surface area contributed by atoms with Crippen molar-refractivity contribution in [2.24, 2.45) is 0 Å². The van der Waals surface area contributed by atoms with E-state index in [4.69, 9.17) is 9.47 Å². The van der Waals surface area contributed by atoms with Crippen molar-refractivity contribution in [3.8, 4) is 0 Å². The average Bonchev–Trinajstić information content (AvgIpc) is 2.50. The van der Waals surface area contributed by atoms with Crippen LogP contribution in [0.5, 0.6) is 0 Å². The van der Waals surface area contributed by atoms with Gasteiger partial charge in [0.15, 0.2) is 38.6 Å². The van der Waals surface area contributed by atoms with Crippen LogP contribution >= 0.6 is 0 Å². The molecule has 3 rings (SSSR count). The van der Waals surface area contributed by atoms with E-state index in [-0.39, 0.29) is 24.8 Å². The normalized spacial score (nSPS) is 18.0. The fourth-order valence-corrected chi connectivity index (χ4v) is 2.55. The zero-order valence-electron chi connectivity index (χ0n) is 12.6. The van der Waals surface area contributed by atoms with Gasteiger partial charge in [-0.15, -0.1) is 0 Å². The first-order valence-electron chi connectivity index (χ1n) is 7.33. The van der Waals surface area contributed by atoms with E-state index in [1.807, 2.05) is 0 Å². The fourth-order valence-electron chi connectivity index (χ4n) is 2.55. The van der Waals surface area contributed by atoms with Crippen LogP contribution in [-0.4, -0.2) is 74.2 Å². The molecular weight excluding hydrogens is 323 g/mol. The van der Waals surface area contributed by atoms with Crippen LogP contribution in [0, 0.1) is 0 Å². The monoisotopic (exact) mass is 344 g/mol. The van der Waals surface area contributed by atoms with Crippen molar-refractivity contribution < 1.29 is 43.4 Å². The second-order valence-corrected chi connectivity index (χ2v) is 5.23. The smallest absolute Gasteiger partial charge is 0.170 e. The van der Waals surface area contributed by atoms with E-state index >= 15 is 0 Å². The van der Waals surface area contributed by atoms with Crippen LogP contribution in [-0.2, 0) is 9.47 Å². The molecule has 0 spiro atoms. The third-order valence-corrected chi connectivity index (χ3v) is 3.67. The minimum atomic E-state index is 0. The van der Waals surface area contributed by atoms with Crippen molar-refractivity contribution in [2.75, 3.05) is 52.6 Å². The van der Waals surface area contributed by atoms with Crippen LogP contribution in [0.15, 0.2) is 24.3 Å². The van der Waals surface area contributed by atoms with Crippen LogP contribution in [0.2, 0.25) is 0 Å². The summed E-state index contributed by atoms with van der Waals surface area (Å²) in [5.74, 6) is 0. The van der Waals surface area contributed by atoms with Gasteiger partial charge in [0.2, 0.25) is 0 Å². The SMILES string of the molecule is C(c1cccc(C=[N+]2CCOCC2)c1)=[N+]1CCOCC1.[Cl-].[Cl-]. The first-order valence-corrected chi connectivity index (χ1v) is 7.33. The zero-order valence-corrected chi connectivity index (χ0v) is 14.1. The molecule has 2 aliphatic heterocycles. The summed E-state index contributed by atoms with van der Waals surface area (Å²) in [6.07, 6.45) is 4.47. The summed E-state index contributed by atoms with van der Waals surface area (Å²) >= 11 is 0. The molecule has 0 N–H and O–H groups in total. The number of ether oxygens (including phenoxy) is 2. The largest absolute Gasteiger partial charge is 1.00 e. The van der Waals surface area contributed by atoms with Crippen LogP contribution in [0.25, 0.3) is 0 Å². The summed E-state index contributed by atoms with van der Waals surface area (Å²) in [4.78, 5) is 0. The predicted octanol–water partition coefficient (Wildman–Crippen LogP) is -5.38. The van der Waals surface area contributed by atoms with Crippen molar-refractivity contribution in [1.29, 1.82) is 0 Å². The van der Waals surface area contributed by atoms with Crippen LogP contribution in [0.4, 0.5) is 0 Å². The maximum absolute atomic E-state index is 5.38. The van der Waals surface area contributed by atoms with E-state index < -0.39 is 0 Å². The highest BCUT2D eigenvalue weighted by molar-refractivity contribution is 5.82. The maximum atomic E-state index is 5.38. The second-order valence-electron chi connectivity index (χ2n) is 5.23. The van der Waals surface area contributed by atoms with Gasteiger partial charge in [-0.2, -0.15) is 0 Å². The van der Waals surface area contributed by atoms with Crippen molar-refractivity contribution in [3.05, 3.63) is 35.4 Å². The Morgan fingerprint density at radius 1 is 0.727 bits per heavy atom. The number of nitrogens with zero attached hydrogens (tertiary/aromatic N) is 2. The van der Waals surface area contributed by atoms with Gasteiger partial charge < -0.3 is 34.3 Å². The number of morpholine rings is 2.